The van der Waals surface area contributed by atoms with Gasteiger partial charge < -0.3 is 0 Å². The van der Waals surface area contributed by atoms with E-state index in [1.807, 2.05) is 12.1 Å². The van der Waals surface area contributed by atoms with Gasteiger partial charge in [0.2, 0.25) is 0 Å². The van der Waals surface area contributed by atoms with E-state index in [-0.39, 0.29) is 11.4 Å². The van der Waals surface area contributed by atoms with Crippen molar-refractivity contribution in [2.75, 3.05) is 0 Å². The molecule has 0 nitrogen and oxygen atoms in total. The third-order valence-electron chi connectivity index (χ3n) is 8.04. The summed E-state index contributed by atoms with van der Waals surface area (Å²) in [5, 5.41) is 0. The molecule has 0 aromatic heterocycles. The number of halogens is 3. The van der Waals surface area contributed by atoms with E-state index in [1.165, 1.54) is 37.7 Å². The van der Waals surface area contributed by atoms with E-state index in [1.54, 1.807) is 42.5 Å². The molecule has 1 aliphatic rings. The predicted molar refractivity (Wildman–Crippen MR) is 154 cm³/mol. The van der Waals surface area contributed by atoms with Gasteiger partial charge in [0.15, 0.2) is 11.6 Å². The van der Waals surface area contributed by atoms with Gasteiger partial charge in [0.05, 0.1) is 0 Å². The highest BCUT2D eigenvalue weighted by atomic mass is 19.2. The Morgan fingerprint density at radius 3 is 2.00 bits per heavy atom. The molecule has 1 unspecified atom stereocenters. The maximum atomic E-state index is 15.2. The monoisotopic (exact) mass is 518 g/mol. The molecule has 38 heavy (non-hydrogen) atoms. The number of benzene rings is 3. The van der Waals surface area contributed by atoms with Crippen molar-refractivity contribution in [3.63, 3.8) is 0 Å². The zero-order valence-electron chi connectivity index (χ0n) is 23.0. The Hall–Kier alpha value is -2.81. The van der Waals surface area contributed by atoms with Gasteiger partial charge in [0.25, 0.3) is 0 Å². The summed E-state index contributed by atoms with van der Waals surface area (Å²) in [6.07, 6.45) is 15.4. The van der Waals surface area contributed by atoms with Crippen LogP contribution in [-0.2, 0) is 6.42 Å². The second-order valence-corrected chi connectivity index (χ2v) is 10.8. The number of aryl methyl sites for hydroxylation is 1. The van der Waals surface area contributed by atoms with Crippen molar-refractivity contribution in [3.8, 4) is 22.3 Å². The summed E-state index contributed by atoms with van der Waals surface area (Å²) in [4.78, 5) is 0. The van der Waals surface area contributed by atoms with Gasteiger partial charge in [0, 0.05) is 11.1 Å². The minimum atomic E-state index is -0.811. The molecule has 0 saturated heterocycles. The van der Waals surface area contributed by atoms with E-state index in [0.717, 1.165) is 55.6 Å². The standard InChI is InChI=1S/C35H41F3/c1-3-5-7-9-11-29-20-23-32(35(38)34(29)37)28-18-16-27(17-19-28)31-22-21-30(24-33(31)36)26-14-12-25(13-15-26)10-8-6-4-2/h14,16-25H,3-13,15H2,1-2H3. The van der Waals surface area contributed by atoms with E-state index in [2.05, 4.69) is 19.9 Å². The average molecular weight is 519 g/mol. The molecule has 0 N–H and O–H groups in total. The molecule has 0 bridgehead atoms. The fourth-order valence-electron chi connectivity index (χ4n) is 5.62. The first-order valence-corrected chi connectivity index (χ1v) is 14.6. The first kappa shape index (κ1) is 28.2. The number of hydrogen-bond acceptors (Lipinski definition) is 0. The van der Waals surface area contributed by atoms with E-state index in [9.17, 15) is 8.78 Å². The quantitative estimate of drug-likeness (QED) is 0.209. The van der Waals surface area contributed by atoms with Gasteiger partial charge >= 0.3 is 0 Å². The third-order valence-corrected chi connectivity index (χ3v) is 8.04. The largest absolute Gasteiger partial charge is 0.206 e. The van der Waals surface area contributed by atoms with E-state index in [4.69, 9.17) is 0 Å². The SMILES string of the molecule is CCCCCCc1ccc(-c2ccc(-c3ccc(C4=CCC(CCCCC)CC4)cc3F)cc2)c(F)c1F. The van der Waals surface area contributed by atoms with Crippen LogP contribution in [-0.4, -0.2) is 0 Å². The lowest BCUT2D eigenvalue weighted by molar-refractivity contribution is 0.428. The summed E-state index contributed by atoms with van der Waals surface area (Å²) in [5.74, 6) is -1.07. The molecule has 3 aromatic rings. The normalized spacial score (nSPS) is 15.5. The Balaban J connectivity index is 1.44. The van der Waals surface area contributed by atoms with Crippen LogP contribution in [0.25, 0.3) is 27.8 Å². The molecular weight excluding hydrogens is 477 g/mol. The lowest BCUT2D eigenvalue weighted by atomic mass is 9.83. The molecule has 0 aliphatic heterocycles. The van der Waals surface area contributed by atoms with Crippen LogP contribution in [0.3, 0.4) is 0 Å². The lowest BCUT2D eigenvalue weighted by Crippen LogP contribution is -2.05. The van der Waals surface area contributed by atoms with Crippen molar-refractivity contribution < 1.29 is 13.2 Å². The molecule has 4 rings (SSSR count). The molecule has 202 valence electrons. The average Bonchev–Trinajstić information content (AvgIpc) is 2.94. The first-order valence-electron chi connectivity index (χ1n) is 14.6. The molecule has 0 heterocycles. The fraction of sp³-hybridized carbons (Fsp3) is 0.429. The summed E-state index contributed by atoms with van der Waals surface area (Å²) in [5.41, 5.74) is 4.69. The Morgan fingerprint density at radius 2 is 1.34 bits per heavy atom. The summed E-state index contributed by atoms with van der Waals surface area (Å²) in [6.45, 7) is 4.36. The van der Waals surface area contributed by atoms with Crippen LogP contribution in [0.5, 0.6) is 0 Å². The predicted octanol–water partition coefficient (Wildman–Crippen LogP) is 11.3. The van der Waals surface area contributed by atoms with Crippen molar-refractivity contribution in [1.82, 2.24) is 0 Å². The lowest BCUT2D eigenvalue weighted by Gasteiger charge is -2.22. The van der Waals surface area contributed by atoms with E-state index in [0.29, 0.717) is 23.1 Å². The summed E-state index contributed by atoms with van der Waals surface area (Å²) in [7, 11) is 0. The van der Waals surface area contributed by atoms with Gasteiger partial charge in [-0.1, -0.05) is 113 Å². The topological polar surface area (TPSA) is 0 Å². The molecule has 0 radical (unpaired) electrons. The number of rotatable bonds is 12. The van der Waals surface area contributed by atoms with Crippen molar-refractivity contribution in [2.45, 2.75) is 90.9 Å². The number of allylic oxidation sites excluding steroid dienone is 2. The van der Waals surface area contributed by atoms with Crippen LogP contribution in [0.2, 0.25) is 0 Å². The molecule has 3 heteroatoms. The second-order valence-electron chi connectivity index (χ2n) is 10.8. The highest BCUT2D eigenvalue weighted by Crippen LogP contribution is 2.35. The smallest absolute Gasteiger partial charge is 0.166 e. The third kappa shape index (κ3) is 6.98. The van der Waals surface area contributed by atoms with Crippen LogP contribution < -0.4 is 0 Å². The summed E-state index contributed by atoms with van der Waals surface area (Å²) in [6, 6.07) is 15.9. The highest BCUT2D eigenvalue weighted by molar-refractivity contribution is 5.74. The number of hydrogen-bond donors (Lipinski definition) is 0. The second kappa shape index (κ2) is 13.8. The maximum Gasteiger partial charge on any atom is 0.166 e. The molecule has 0 amide bonds. The Morgan fingerprint density at radius 1 is 0.684 bits per heavy atom. The molecule has 0 fully saturated rings. The van der Waals surface area contributed by atoms with E-state index >= 15 is 4.39 Å². The van der Waals surface area contributed by atoms with Crippen LogP contribution >= 0.6 is 0 Å². The Bertz CT molecular complexity index is 1220. The molecular formula is C35H41F3. The maximum absolute atomic E-state index is 15.2. The molecule has 1 aliphatic carbocycles. The van der Waals surface area contributed by atoms with Crippen LogP contribution in [0.15, 0.2) is 60.7 Å². The van der Waals surface area contributed by atoms with Gasteiger partial charge in [0.1, 0.15) is 5.82 Å². The van der Waals surface area contributed by atoms with Gasteiger partial charge in [-0.3, -0.25) is 0 Å². The zero-order valence-corrected chi connectivity index (χ0v) is 23.0. The first-order chi connectivity index (χ1) is 18.5. The highest BCUT2D eigenvalue weighted by Gasteiger charge is 2.18. The van der Waals surface area contributed by atoms with Crippen LogP contribution in [0.1, 0.15) is 95.6 Å². The fourth-order valence-corrected chi connectivity index (χ4v) is 5.62. The van der Waals surface area contributed by atoms with Crippen molar-refractivity contribution in [3.05, 3.63) is 89.3 Å². The van der Waals surface area contributed by atoms with Gasteiger partial charge in [-0.25, -0.2) is 13.2 Å². The Kier molecular flexibility index (Phi) is 10.3. The number of unbranched alkanes of at least 4 members (excludes halogenated alkanes) is 5. The van der Waals surface area contributed by atoms with Gasteiger partial charge in [-0.05, 0) is 71.9 Å². The van der Waals surface area contributed by atoms with Crippen molar-refractivity contribution >= 4 is 5.57 Å². The van der Waals surface area contributed by atoms with Gasteiger partial charge in [-0.15, -0.1) is 0 Å². The molecule has 3 aromatic carbocycles. The molecule has 0 saturated carbocycles. The summed E-state index contributed by atoms with van der Waals surface area (Å²) >= 11 is 0. The summed E-state index contributed by atoms with van der Waals surface area (Å²) < 4.78 is 44.8. The minimum absolute atomic E-state index is 0.236. The van der Waals surface area contributed by atoms with Crippen molar-refractivity contribution in [1.29, 1.82) is 0 Å². The van der Waals surface area contributed by atoms with E-state index < -0.39 is 11.6 Å². The van der Waals surface area contributed by atoms with Crippen LogP contribution in [0.4, 0.5) is 13.2 Å². The zero-order chi connectivity index (χ0) is 26.9. The molecule has 1 atom stereocenters. The Labute approximate surface area is 227 Å². The minimum Gasteiger partial charge on any atom is -0.206 e. The van der Waals surface area contributed by atoms with Crippen LogP contribution in [0, 0.1) is 23.4 Å². The van der Waals surface area contributed by atoms with Crippen molar-refractivity contribution in [2.24, 2.45) is 5.92 Å². The van der Waals surface area contributed by atoms with Gasteiger partial charge in [-0.2, -0.15) is 0 Å². The molecule has 0 spiro atoms.